The molecule has 1 aromatic rings. The van der Waals surface area contributed by atoms with Crippen LogP contribution in [0, 0.1) is 11.6 Å². The summed E-state index contributed by atoms with van der Waals surface area (Å²) in [5.41, 5.74) is 6.02. The molecule has 2 aliphatic rings. The molecule has 3 N–H and O–H groups in total. The van der Waals surface area contributed by atoms with Gasteiger partial charge in [0.2, 0.25) is 0 Å². The molecular weight excluding hydrogens is 314 g/mol. The number of hydrogen-bond donors (Lipinski definition) is 2. The number of halogens is 2. The fraction of sp³-hybridized carbons (Fsp3) is 0.588. The Balaban J connectivity index is 1.40. The van der Waals surface area contributed by atoms with Crippen molar-refractivity contribution in [2.24, 2.45) is 10.7 Å². The van der Waals surface area contributed by atoms with Crippen LogP contribution < -0.4 is 11.1 Å². The highest BCUT2D eigenvalue weighted by Gasteiger charge is 2.42. The Kier molecular flexibility index (Phi) is 5.63. The molecule has 1 heterocycles. The summed E-state index contributed by atoms with van der Waals surface area (Å²) in [4.78, 5) is 6.65. The second kappa shape index (κ2) is 7.90. The summed E-state index contributed by atoms with van der Waals surface area (Å²) in [5, 5.41) is 3.06. The summed E-state index contributed by atoms with van der Waals surface area (Å²) < 4.78 is 32.8. The number of aliphatic imine (C=N–C) groups is 1. The molecule has 0 aromatic heterocycles. The van der Waals surface area contributed by atoms with Crippen molar-refractivity contribution in [2.75, 3.05) is 39.4 Å². The molecule has 0 amide bonds. The number of morpholine rings is 1. The lowest BCUT2D eigenvalue weighted by atomic mass is 10.1. The van der Waals surface area contributed by atoms with Crippen LogP contribution in [-0.4, -0.2) is 56.3 Å². The second-order valence-corrected chi connectivity index (χ2v) is 6.30. The van der Waals surface area contributed by atoms with Crippen molar-refractivity contribution in [3.05, 3.63) is 35.4 Å². The predicted molar refractivity (Wildman–Crippen MR) is 89.0 cm³/mol. The van der Waals surface area contributed by atoms with E-state index in [4.69, 9.17) is 10.5 Å². The molecule has 0 spiro atoms. The predicted octanol–water partition coefficient (Wildman–Crippen LogP) is 1.45. The molecule has 1 saturated carbocycles. The third-order valence-corrected chi connectivity index (χ3v) is 4.51. The van der Waals surface area contributed by atoms with E-state index in [0.29, 0.717) is 18.9 Å². The van der Waals surface area contributed by atoms with Crippen molar-refractivity contribution in [3.63, 3.8) is 0 Å². The number of nitrogens with two attached hydrogens (primary N) is 1. The summed E-state index contributed by atoms with van der Waals surface area (Å²) in [7, 11) is 0. The largest absolute Gasteiger partial charge is 0.379 e. The van der Waals surface area contributed by atoms with E-state index >= 15 is 0 Å². The molecule has 24 heavy (non-hydrogen) atoms. The fourth-order valence-corrected chi connectivity index (χ4v) is 3.09. The van der Waals surface area contributed by atoms with Gasteiger partial charge in [0.15, 0.2) is 5.96 Å². The van der Waals surface area contributed by atoms with Crippen LogP contribution in [0.3, 0.4) is 0 Å². The van der Waals surface area contributed by atoms with Crippen LogP contribution in [0.25, 0.3) is 0 Å². The van der Waals surface area contributed by atoms with E-state index in [1.54, 1.807) is 0 Å². The maximum Gasteiger partial charge on any atom is 0.188 e. The smallest absolute Gasteiger partial charge is 0.188 e. The summed E-state index contributed by atoms with van der Waals surface area (Å²) in [6.07, 6.45) is 1.60. The Hall–Kier alpha value is -1.73. The maximum atomic E-state index is 13.7. The van der Waals surface area contributed by atoms with Gasteiger partial charge in [0.05, 0.1) is 13.2 Å². The first-order chi connectivity index (χ1) is 11.6. The summed E-state index contributed by atoms with van der Waals surface area (Å²) in [6.45, 7) is 5.14. The third kappa shape index (κ3) is 4.42. The normalized spacial score (nSPS) is 24.8. The first kappa shape index (κ1) is 17.1. The Labute approximate surface area is 140 Å². The second-order valence-electron chi connectivity index (χ2n) is 6.30. The lowest BCUT2D eigenvalue weighted by molar-refractivity contribution is 0.0377. The zero-order chi connectivity index (χ0) is 16.9. The molecule has 5 nitrogen and oxygen atoms in total. The van der Waals surface area contributed by atoms with Gasteiger partial charge in [0, 0.05) is 43.7 Å². The summed E-state index contributed by atoms with van der Waals surface area (Å²) in [5.74, 6) is -0.815. The van der Waals surface area contributed by atoms with Gasteiger partial charge in [-0.25, -0.2) is 8.78 Å². The highest BCUT2D eigenvalue weighted by atomic mass is 19.1. The molecular formula is C17H24F2N4O. The number of benzene rings is 1. The summed E-state index contributed by atoms with van der Waals surface area (Å²) in [6, 6.07) is 3.91. The van der Waals surface area contributed by atoms with E-state index in [2.05, 4.69) is 15.2 Å². The number of ether oxygens (including phenoxy) is 1. The first-order valence-corrected chi connectivity index (χ1v) is 8.45. The van der Waals surface area contributed by atoms with Crippen LogP contribution in [0.5, 0.6) is 0 Å². The van der Waals surface area contributed by atoms with Crippen molar-refractivity contribution in [2.45, 2.75) is 24.8 Å². The lowest BCUT2D eigenvalue weighted by Crippen LogP contribution is -2.37. The molecule has 2 atom stereocenters. The van der Waals surface area contributed by atoms with Crippen LogP contribution in [0.15, 0.2) is 23.2 Å². The van der Waals surface area contributed by atoms with Crippen molar-refractivity contribution in [1.82, 2.24) is 10.2 Å². The van der Waals surface area contributed by atoms with Gasteiger partial charge < -0.3 is 15.8 Å². The standard InChI is InChI=1S/C17H24F2N4O/c18-13-3-1-4-14(19)16(13)12-11-15(12)22-17(20)21-5-2-6-23-7-9-24-10-8-23/h1,3-4,12,15H,2,5-11H2,(H3,20,21,22). The molecule has 0 radical (unpaired) electrons. The van der Waals surface area contributed by atoms with Crippen LogP contribution in [0.1, 0.15) is 24.3 Å². The summed E-state index contributed by atoms with van der Waals surface area (Å²) >= 11 is 0. The zero-order valence-electron chi connectivity index (χ0n) is 13.7. The molecule has 3 rings (SSSR count). The number of hydrogen-bond acceptors (Lipinski definition) is 3. The minimum Gasteiger partial charge on any atom is -0.379 e. The zero-order valence-corrected chi connectivity index (χ0v) is 13.7. The highest BCUT2D eigenvalue weighted by Crippen LogP contribution is 2.42. The number of nitrogens with one attached hydrogen (secondary N) is 1. The van der Waals surface area contributed by atoms with Crippen molar-refractivity contribution in [1.29, 1.82) is 0 Å². The van der Waals surface area contributed by atoms with Gasteiger partial charge in [0.25, 0.3) is 0 Å². The molecule has 1 aliphatic carbocycles. The van der Waals surface area contributed by atoms with Crippen LogP contribution in [0.4, 0.5) is 8.78 Å². The molecule has 132 valence electrons. The quantitative estimate of drug-likeness (QED) is 0.468. The van der Waals surface area contributed by atoms with Gasteiger partial charge in [-0.1, -0.05) is 6.07 Å². The van der Waals surface area contributed by atoms with Gasteiger partial charge in [0.1, 0.15) is 11.6 Å². The van der Waals surface area contributed by atoms with E-state index in [-0.39, 0.29) is 17.5 Å². The van der Waals surface area contributed by atoms with Gasteiger partial charge in [-0.2, -0.15) is 0 Å². The lowest BCUT2D eigenvalue weighted by Gasteiger charge is -2.26. The van der Waals surface area contributed by atoms with Crippen LogP contribution in [-0.2, 0) is 4.74 Å². The van der Waals surface area contributed by atoms with E-state index in [1.165, 1.54) is 18.2 Å². The molecule has 2 unspecified atom stereocenters. The fourth-order valence-electron chi connectivity index (χ4n) is 3.09. The topological polar surface area (TPSA) is 62.9 Å². The van der Waals surface area contributed by atoms with E-state index in [9.17, 15) is 8.78 Å². The van der Waals surface area contributed by atoms with E-state index in [0.717, 1.165) is 39.3 Å². The molecule has 1 aliphatic heterocycles. The minimum absolute atomic E-state index is 0.0422. The molecule has 1 aromatic carbocycles. The number of nitrogens with zero attached hydrogens (tertiary/aromatic N) is 2. The van der Waals surface area contributed by atoms with Crippen molar-refractivity contribution < 1.29 is 13.5 Å². The first-order valence-electron chi connectivity index (χ1n) is 8.45. The van der Waals surface area contributed by atoms with Gasteiger partial charge in [-0.05, 0) is 25.0 Å². The number of guanidine groups is 1. The Bertz CT molecular complexity index is 570. The highest BCUT2D eigenvalue weighted by molar-refractivity contribution is 5.78. The Morgan fingerprint density at radius 2 is 2.00 bits per heavy atom. The molecule has 2 fully saturated rings. The Morgan fingerprint density at radius 3 is 2.71 bits per heavy atom. The minimum atomic E-state index is -0.495. The SMILES string of the molecule is NC(=NCCCN1CCOCC1)NC1CC1c1c(F)cccc1F. The van der Waals surface area contributed by atoms with E-state index in [1.807, 2.05) is 0 Å². The van der Waals surface area contributed by atoms with Crippen molar-refractivity contribution >= 4 is 5.96 Å². The number of rotatable bonds is 6. The van der Waals surface area contributed by atoms with Gasteiger partial charge in [-0.3, -0.25) is 9.89 Å². The average Bonchev–Trinajstić information content (AvgIpc) is 3.31. The van der Waals surface area contributed by atoms with E-state index < -0.39 is 11.6 Å². The van der Waals surface area contributed by atoms with Crippen molar-refractivity contribution in [3.8, 4) is 0 Å². The maximum absolute atomic E-state index is 13.7. The van der Waals surface area contributed by atoms with Crippen LogP contribution >= 0.6 is 0 Å². The van der Waals surface area contributed by atoms with Gasteiger partial charge >= 0.3 is 0 Å². The molecule has 0 bridgehead atoms. The third-order valence-electron chi connectivity index (χ3n) is 4.51. The van der Waals surface area contributed by atoms with Crippen LogP contribution in [0.2, 0.25) is 0 Å². The molecule has 1 saturated heterocycles. The monoisotopic (exact) mass is 338 g/mol. The molecule has 7 heteroatoms. The average molecular weight is 338 g/mol. The van der Waals surface area contributed by atoms with Gasteiger partial charge in [-0.15, -0.1) is 0 Å². The Morgan fingerprint density at radius 1 is 1.29 bits per heavy atom.